The van der Waals surface area contributed by atoms with Gasteiger partial charge in [0.1, 0.15) is 0 Å². The lowest BCUT2D eigenvalue weighted by molar-refractivity contribution is -0.385. The molecule has 3 rings (SSSR count). The average molecular weight is 534 g/mol. The number of ether oxygens (including phenoxy) is 3. The second-order valence-electron chi connectivity index (χ2n) is 9.87. The van der Waals surface area contributed by atoms with Crippen LogP contribution in [0, 0.1) is 15.5 Å². The number of hydrogen-bond donors (Lipinski definition) is 1. The number of nitro benzene ring substituents is 1. The Hall–Kier alpha value is -3.14. The Morgan fingerprint density at radius 1 is 1.21 bits per heavy atom. The Morgan fingerprint density at radius 2 is 1.88 bits per heavy atom. The third-order valence-corrected chi connectivity index (χ3v) is 5.84. The van der Waals surface area contributed by atoms with E-state index in [-0.39, 0.29) is 29.1 Å². The number of nitrogens with zero attached hydrogens (tertiary/aromatic N) is 2. The van der Waals surface area contributed by atoms with Crippen LogP contribution in [0.2, 0.25) is 0 Å². The highest BCUT2D eigenvalue weighted by atomic mass is 79.9. The zero-order valence-corrected chi connectivity index (χ0v) is 21.4. The third-order valence-electron chi connectivity index (χ3n) is 5.15. The zero-order chi connectivity index (χ0) is 25.1. The van der Waals surface area contributed by atoms with Crippen molar-refractivity contribution in [1.29, 1.82) is 0 Å². The molecule has 2 aromatic rings. The van der Waals surface area contributed by atoms with E-state index in [9.17, 15) is 14.9 Å². The van der Waals surface area contributed by atoms with Gasteiger partial charge in [-0.1, -0.05) is 40.7 Å². The Kier molecular flexibility index (Phi) is 7.50. The normalized spacial score (nSPS) is 13.2. The van der Waals surface area contributed by atoms with Gasteiger partial charge in [0.15, 0.2) is 23.9 Å². The van der Waals surface area contributed by atoms with E-state index in [4.69, 9.17) is 14.2 Å². The Morgan fingerprint density at radius 3 is 2.53 bits per heavy atom. The molecule has 1 N–H and O–H groups in total. The summed E-state index contributed by atoms with van der Waals surface area (Å²) in [6.07, 6.45) is 2.29. The number of hydrogen-bond acceptors (Lipinski definition) is 7. The fourth-order valence-corrected chi connectivity index (χ4v) is 4.44. The molecule has 1 aliphatic rings. The molecule has 10 heteroatoms. The SMILES string of the molecule is CC(C)(C)CC(C)(C)c1ccc(OCC(=O)N/N=C\c2cc3c(cc2Br)OCO3)c([N+](=O)[O-])c1. The van der Waals surface area contributed by atoms with Crippen molar-refractivity contribution in [2.24, 2.45) is 10.5 Å². The van der Waals surface area contributed by atoms with Crippen LogP contribution in [0.3, 0.4) is 0 Å². The molecule has 1 aliphatic heterocycles. The molecule has 0 fully saturated rings. The van der Waals surface area contributed by atoms with Crippen molar-refractivity contribution in [2.45, 2.75) is 46.5 Å². The van der Waals surface area contributed by atoms with Crippen LogP contribution in [-0.2, 0) is 10.2 Å². The van der Waals surface area contributed by atoms with E-state index >= 15 is 0 Å². The standard InChI is InChI=1S/C24H28BrN3O6/c1-23(2,3)13-24(4,5)16-6-7-19(18(9-16)28(30)31)32-12-22(29)27-26-11-15-8-20-21(10-17(15)25)34-14-33-20/h6-11H,12-14H2,1-5H3,(H,27,29)/b26-11-. The number of benzene rings is 2. The highest BCUT2D eigenvalue weighted by Crippen LogP contribution is 2.39. The highest BCUT2D eigenvalue weighted by molar-refractivity contribution is 9.10. The largest absolute Gasteiger partial charge is 0.477 e. The first-order valence-electron chi connectivity index (χ1n) is 10.7. The van der Waals surface area contributed by atoms with Gasteiger partial charge in [-0.2, -0.15) is 5.10 Å². The molecule has 34 heavy (non-hydrogen) atoms. The number of nitrogens with one attached hydrogen (secondary N) is 1. The lowest BCUT2D eigenvalue weighted by Gasteiger charge is -2.33. The second kappa shape index (κ2) is 10.0. The van der Waals surface area contributed by atoms with Gasteiger partial charge in [-0.05, 0) is 56.9 Å². The molecule has 0 radical (unpaired) electrons. The molecule has 0 aliphatic carbocycles. The van der Waals surface area contributed by atoms with Crippen molar-refractivity contribution >= 4 is 33.7 Å². The first-order chi connectivity index (χ1) is 15.9. The molecule has 182 valence electrons. The minimum atomic E-state index is -0.556. The van der Waals surface area contributed by atoms with Gasteiger partial charge in [-0.25, -0.2) is 5.43 Å². The molecule has 0 aromatic heterocycles. The van der Waals surface area contributed by atoms with E-state index in [0.717, 1.165) is 16.5 Å². The summed E-state index contributed by atoms with van der Waals surface area (Å²) >= 11 is 3.41. The highest BCUT2D eigenvalue weighted by Gasteiger charge is 2.30. The van der Waals surface area contributed by atoms with Crippen molar-refractivity contribution in [3.8, 4) is 17.2 Å². The summed E-state index contributed by atoms with van der Waals surface area (Å²) in [5, 5.41) is 15.6. The van der Waals surface area contributed by atoms with E-state index in [1.54, 1.807) is 18.2 Å². The first kappa shape index (κ1) is 25.5. The predicted octanol–water partition coefficient (Wildman–Crippen LogP) is 5.33. The fraction of sp³-hybridized carbons (Fsp3) is 0.417. The number of amides is 1. The molecule has 9 nitrogen and oxygen atoms in total. The second-order valence-corrected chi connectivity index (χ2v) is 10.7. The van der Waals surface area contributed by atoms with Crippen molar-refractivity contribution < 1.29 is 23.9 Å². The van der Waals surface area contributed by atoms with Gasteiger partial charge in [0.05, 0.1) is 11.1 Å². The number of carbonyl (C=O) groups excluding carboxylic acids is 1. The van der Waals surface area contributed by atoms with Crippen LogP contribution in [-0.4, -0.2) is 30.4 Å². The minimum Gasteiger partial charge on any atom is -0.477 e. The predicted molar refractivity (Wildman–Crippen MR) is 132 cm³/mol. The maximum atomic E-state index is 12.2. The average Bonchev–Trinajstić information content (AvgIpc) is 3.17. The van der Waals surface area contributed by atoms with E-state index in [1.165, 1.54) is 18.3 Å². The summed E-state index contributed by atoms with van der Waals surface area (Å²) < 4.78 is 16.8. The van der Waals surface area contributed by atoms with E-state index in [1.807, 2.05) is 0 Å². The van der Waals surface area contributed by atoms with E-state index < -0.39 is 17.4 Å². The number of rotatable bonds is 8. The summed E-state index contributed by atoms with van der Waals surface area (Å²) in [7, 11) is 0. The van der Waals surface area contributed by atoms with Gasteiger partial charge >= 0.3 is 5.69 Å². The zero-order valence-electron chi connectivity index (χ0n) is 19.8. The summed E-state index contributed by atoms with van der Waals surface area (Å²) in [6, 6.07) is 8.35. The Bertz CT molecular complexity index is 1120. The number of carbonyl (C=O) groups is 1. The van der Waals surface area contributed by atoms with Crippen LogP contribution in [0.25, 0.3) is 0 Å². The first-order valence-corrected chi connectivity index (χ1v) is 11.5. The molecular weight excluding hydrogens is 506 g/mol. The van der Waals surface area contributed by atoms with Crippen molar-refractivity contribution in [2.75, 3.05) is 13.4 Å². The maximum absolute atomic E-state index is 12.2. The van der Waals surface area contributed by atoms with Crippen LogP contribution in [0.1, 0.15) is 52.2 Å². The Labute approximate surface area is 206 Å². The number of halogens is 1. The molecule has 2 aromatic carbocycles. The molecule has 1 heterocycles. The van der Waals surface area contributed by atoms with Crippen LogP contribution in [0.5, 0.6) is 17.2 Å². The Balaban J connectivity index is 1.64. The van der Waals surface area contributed by atoms with Gasteiger partial charge in [0.25, 0.3) is 5.91 Å². The van der Waals surface area contributed by atoms with Gasteiger partial charge in [0, 0.05) is 16.1 Å². The van der Waals surface area contributed by atoms with Crippen molar-refractivity contribution in [3.63, 3.8) is 0 Å². The van der Waals surface area contributed by atoms with Gasteiger partial charge in [-0.3, -0.25) is 14.9 Å². The number of hydrazone groups is 1. The van der Waals surface area contributed by atoms with Crippen LogP contribution >= 0.6 is 15.9 Å². The lowest BCUT2D eigenvalue weighted by atomic mass is 9.72. The summed E-state index contributed by atoms with van der Waals surface area (Å²) in [6.45, 7) is 10.2. The molecule has 1 amide bonds. The molecular formula is C24H28BrN3O6. The fourth-order valence-electron chi connectivity index (χ4n) is 4.01. The summed E-state index contributed by atoms with van der Waals surface area (Å²) in [5.41, 5.74) is 3.47. The molecule has 0 spiro atoms. The third kappa shape index (κ3) is 6.47. The summed E-state index contributed by atoms with van der Waals surface area (Å²) in [5.74, 6) is 0.675. The van der Waals surface area contributed by atoms with Crippen molar-refractivity contribution in [3.05, 3.63) is 56.0 Å². The van der Waals surface area contributed by atoms with Gasteiger partial charge in [0.2, 0.25) is 6.79 Å². The van der Waals surface area contributed by atoms with E-state index in [2.05, 4.69) is 61.1 Å². The molecule has 0 bridgehead atoms. The van der Waals surface area contributed by atoms with Gasteiger partial charge < -0.3 is 14.2 Å². The molecule has 0 unspecified atom stereocenters. The van der Waals surface area contributed by atoms with Crippen LogP contribution in [0.4, 0.5) is 5.69 Å². The minimum absolute atomic E-state index is 0.0259. The molecule has 0 atom stereocenters. The van der Waals surface area contributed by atoms with Crippen LogP contribution in [0.15, 0.2) is 39.9 Å². The van der Waals surface area contributed by atoms with E-state index in [0.29, 0.717) is 17.1 Å². The maximum Gasteiger partial charge on any atom is 0.311 e. The monoisotopic (exact) mass is 533 g/mol. The topological polar surface area (TPSA) is 112 Å². The summed E-state index contributed by atoms with van der Waals surface area (Å²) in [4.78, 5) is 23.3. The smallest absolute Gasteiger partial charge is 0.311 e. The van der Waals surface area contributed by atoms with Crippen LogP contribution < -0.4 is 19.6 Å². The van der Waals surface area contributed by atoms with Crippen molar-refractivity contribution in [1.82, 2.24) is 5.43 Å². The lowest BCUT2D eigenvalue weighted by Crippen LogP contribution is -2.26. The quantitative estimate of drug-likeness (QED) is 0.278. The number of fused-ring (bicyclic) bond motifs is 1. The molecule has 0 saturated carbocycles. The van der Waals surface area contributed by atoms with Gasteiger partial charge in [-0.15, -0.1) is 0 Å². The molecule has 0 saturated heterocycles. The number of nitro groups is 1.